The number of hydrogen-bond acceptors (Lipinski definition) is 0. The molecule has 0 unspecified atom stereocenters. The summed E-state index contributed by atoms with van der Waals surface area (Å²) < 4.78 is 0. The summed E-state index contributed by atoms with van der Waals surface area (Å²) in [4.78, 5) is 0. The summed E-state index contributed by atoms with van der Waals surface area (Å²) in [7, 11) is 0. The predicted octanol–water partition coefficient (Wildman–Crippen LogP) is 5.38. The molecule has 3 rings (SSSR count). The van der Waals surface area contributed by atoms with Gasteiger partial charge in [0, 0.05) is 0 Å². The van der Waals surface area contributed by atoms with Crippen molar-refractivity contribution in [3.63, 3.8) is 0 Å². The average molecular weight is 246 g/mol. The first-order chi connectivity index (χ1) is 9.31. The first-order valence-electron chi connectivity index (χ1n) is 6.88. The lowest BCUT2D eigenvalue weighted by Crippen LogP contribution is -1.91. The molecule has 0 amide bonds. The zero-order chi connectivity index (χ0) is 13.2. The average Bonchev–Trinajstić information content (AvgIpc) is 2.47. The lowest BCUT2D eigenvalue weighted by molar-refractivity contribution is 1.14. The van der Waals surface area contributed by atoms with Crippen LogP contribution in [0, 0.1) is 6.92 Å². The van der Waals surface area contributed by atoms with Crippen LogP contribution in [0.2, 0.25) is 0 Å². The topological polar surface area (TPSA) is 0 Å². The smallest absolute Gasteiger partial charge is 0.00734 e. The van der Waals surface area contributed by atoms with Crippen molar-refractivity contribution < 1.29 is 0 Å². The van der Waals surface area contributed by atoms with Gasteiger partial charge in [-0.3, -0.25) is 0 Å². The quantitative estimate of drug-likeness (QED) is 0.569. The predicted molar refractivity (Wildman–Crippen MR) is 83.5 cm³/mol. The van der Waals surface area contributed by atoms with Crippen LogP contribution in [0.15, 0.2) is 60.7 Å². The van der Waals surface area contributed by atoms with Crippen LogP contribution in [0.4, 0.5) is 0 Å². The monoisotopic (exact) mass is 246 g/mol. The molecule has 3 aromatic carbocycles. The molecule has 94 valence electrons. The first kappa shape index (κ1) is 12.0. The molecular formula is C19H18. The van der Waals surface area contributed by atoms with Crippen molar-refractivity contribution in [1.82, 2.24) is 0 Å². The van der Waals surface area contributed by atoms with E-state index in [1.54, 1.807) is 0 Å². The number of aryl methyl sites for hydroxylation is 2. The number of benzene rings is 3. The molecule has 0 saturated heterocycles. The maximum atomic E-state index is 2.24. The van der Waals surface area contributed by atoms with Crippen molar-refractivity contribution in [3.8, 4) is 11.1 Å². The molecule has 0 aliphatic carbocycles. The molecular weight excluding hydrogens is 228 g/mol. The molecule has 0 heteroatoms. The molecule has 19 heavy (non-hydrogen) atoms. The van der Waals surface area contributed by atoms with Crippen molar-refractivity contribution in [1.29, 1.82) is 0 Å². The number of fused-ring (bicyclic) bond motifs is 1. The molecule has 0 nitrogen and oxygen atoms in total. The van der Waals surface area contributed by atoms with Crippen LogP contribution in [0.3, 0.4) is 0 Å². The molecule has 3 aromatic rings. The van der Waals surface area contributed by atoms with Crippen molar-refractivity contribution >= 4 is 10.8 Å². The van der Waals surface area contributed by atoms with Crippen LogP contribution in [0.25, 0.3) is 21.9 Å². The van der Waals surface area contributed by atoms with Gasteiger partial charge in [-0.05, 0) is 46.4 Å². The van der Waals surface area contributed by atoms with E-state index in [1.165, 1.54) is 33.0 Å². The molecule has 0 saturated carbocycles. The highest BCUT2D eigenvalue weighted by molar-refractivity contribution is 5.98. The molecule has 0 fully saturated rings. The highest BCUT2D eigenvalue weighted by atomic mass is 14.1. The van der Waals surface area contributed by atoms with Gasteiger partial charge < -0.3 is 0 Å². The maximum Gasteiger partial charge on any atom is -0.00734 e. The van der Waals surface area contributed by atoms with Gasteiger partial charge in [-0.1, -0.05) is 67.6 Å². The van der Waals surface area contributed by atoms with Gasteiger partial charge in [-0.25, -0.2) is 0 Å². The summed E-state index contributed by atoms with van der Waals surface area (Å²) in [6, 6.07) is 21.8. The maximum absolute atomic E-state index is 2.24. The molecule has 0 atom stereocenters. The third-order valence-electron chi connectivity index (χ3n) is 3.80. The summed E-state index contributed by atoms with van der Waals surface area (Å²) in [6.45, 7) is 4.42. The van der Waals surface area contributed by atoms with E-state index in [2.05, 4.69) is 74.5 Å². The van der Waals surface area contributed by atoms with Gasteiger partial charge >= 0.3 is 0 Å². The standard InChI is InChI=1S/C19H18/c1-3-15-8-4-6-10-17(15)19-14(2)12-13-16-9-5-7-11-18(16)19/h4-13H,3H2,1-2H3. The highest BCUT2D eigenvalue weighted by Gasteiger charge is 2.09. The van der Waals surface area contributed by atoms with Crippen LogP contribution >= 0.6 is 0 Å². The van der Waals surface area contributed by atoms with E-state index in [9.17, 15) is 0 Å². The summed E-state index contributed by atoms with van der Waals surface area (Å²) in [5.74, 6) is 0. The van der Waals surface area contributed by atoms with Crippen LogP contribution in [0.5, 0.6) is 0 Å². The molecule has 0 bridgehead atoms. The fraction of sp³-hybridized carbons (Fsp3) is 0.158. The van der Waals surface area contributed by atoms with Gasteiger partial charge in [-0.15, -0.1) is 0 Å². The molecule has 0 N–H and O–H groups in total. The Morgan fingerprint density at radius 3 is 2.37 bits per heavy atom. The van der Waals surface area contributed by atoms with Gasteiger partial charge in [0.25, 0.3) is 0 Å². The van der Waals surface area contributed by atoms with Gasteiger partial charge in [0.2, 0.25) is 0 Å². The molecule has 0 radical (unpaired) electrons. The van der Waals surface area contributed by atoms with E-state index in [4.69, 9.17) is 0 Å². The Bertz CT molecular complexity index is 723. The minimum absolute atomic E-state index is 1.07. The first-order valence-corrected chi connectivity index (χ1v) is 6.88. The van der Waals surface area contributed by atoms with E-state index in [-0.39, 0.29) is 0 Å². The number of hydrogen-bond donors (Lipinski definition) is 0. The SMILES string of the molecule is CCc1ccccc1-c1c(C)ccc2ccccc12. The van der Waals surface area contributed by atoms with Crippen molar-refractivity contribution in [3.05, 3.63) is 71.8 Å². The lowest BCUT2D eigenvalue weighted by Gasteiger charge is -2.14. The second-order valence-corrected chi connectivity index (χ2v) is 4.99. The number of rotatable bonds is 2. The fourth-order valence-corrected chi connectivity index (χ4v) is 2.81. The minimum atomic E-state index is 1.07. The van der Waals surface area contributed by atoms with Gasteiger partial charge in [0.1, 0.15) is 0 Å². The van der Waals surface area contributed by atoms with Crippen LogP contribution in [-0.4, -0.2) is 0 Å². The van der Waals surface area contributed by atoms with Crippen LogP contribution < -0.4 is 0 Å². The summed E-state index contributed by atoms with van der Waals surface area (Å²) in [5, 5.41) is 2.66. The van der Waals surface area contributed by atoms with E-state index < -0.39 is 0 Å². The summed E-state index contributed by atoms with van der Waals surface area (Å²) >= 11 is 0. The fourth-order valence-electron chi connectivity index (χ4n) is 2.81. The van der Waals surface area contributed by atoms with Gasteiger partial charge in [0.05, 0.1) is 0 Å². The molecule has 0 heterocycles. The van der Waals surface area contributed by atoms with E-state index >= 15 is 0 Å². The lowest BCUT2D eigenvalue weighted by atomic mass is 9.90. The Kier molecular flexibility index (Phi) is 3.08. The van der Waals surface area contributed by atoms with E-state index in [1.807, 2.05) is 0 Å². The van der Waals surface area contributed by atoms with Crippen LogP contribution in [-0.2, 0) is 6.42 Å². The Balaban J connectivity index is 2.38. The van der Waals surface area contributed by atoms with Crippen molar-refractivity contribution in [2.75, 3.05) is 0 Å². The third-order valence-corrected chi connectivity index (χ3v) is 3.80. The molecule has 0 aromatic heterocycles. The Morgan fingerprint density at radius 1 is 0.789 bits per heavy atom. The normalized spacial score (nSPS) is 10.8. The summed E-state index contributed by atoms with van der Waals surface area (Å²) in [5.41, 5.74) is 5.52. The van der Waals surface area contributed by atoms with Crippen LogP contribution in [0.1, 0.15) is 18.1 Å². The largest absolute Gasteiger partial charge is 0.0620 e. The zero-order valence-corrected chi connectivity index (χ0v) is 11.5. The second kappa shape index (κ2) is 4.89. The highest BCUT2D eigenvalue weighted by Crippen LogP contribution is 2.34. The molecule has 0 aliphatic heterocycles. The molecule has 0 aliphatic rings. The second-order valence-electron chi connectivity index (χ2n) is 4.99. The van der Waals surface area contributed by atoms with Crippen molar-refractivity contribution in [2.45, 2.75) is 20.3 Å². The molecule has 0 spiro atoms. The van der Waals surface area contributed by atoms with E-state index in [0.717, 1.165) is 6.42 Å². The van der Waals surface area contributed by atoms with Gasteiger partial charge in [0.15, 0.2) is 0 Å². The summed E-state index contributed by atoms with van der Waals surface area (Å²) in [6.07, 6.45) is 1.07. The van der Waals surface area contributed by atoms with Crippen molar-refractivity contribution in [2.24, 2.45) is 0 Å². The third kappa shape index (κ3) is 2.04. The Morgan fingerprint density at radius 2 is 1.53 bits per heavy atom. The van der Waals surface area contributed by atoms with Gasteiger partial charge in [-0.2, -0.15) is 0 Å². The zero-order valence-electron chi connectivity index (χ0n) is 11.5. The Hall–Kier alpha value is -2.08. The van der Waals surface area contributed by atoms with E-state index in [0.29, 0.717) is 0 Å². The Labute approximate surface area is 114 Å². The minimum Gasteiger partial charge on any atom is -0.0620 e.